The van der Waals surface area contributed by atoms with Crippen LogP contribution in [0.1, 0.15) is 45.2 Å². The molecule has 0 heterocycles. The van der Waals surface area contributed by atoms with Gasteiger partial charge in [-0.25, -0.2) is 12.7 Å². The van der Waals surface area contributed by atoms with Gasteiger partial charge in [0.1, 0.15) is 0 Å². The van der Waals surface area contributed by atoms with Crippen molar-refractivity contribution in [2.24, 2.45) is 0 Å². The van der Waals surface area contributed by atoms with Crippen molar-refractivity contribution in [2.75, 3.05) is 7.05 Å². The van der Waals surface area contributed by atoms with Crippen molar-refractivity contribution in [2.45, 2.75) is 58.5 Å². The van der Waals surface area contributed by atoms with Gasteiger partial charge in [0.25, 0.3) is 0 Å². The summed E-state index contributed by atoms with van der Waals surface area (Å²) in [6, 6.07) is 8.22. The fourth-order valence-corrected chi connectivity index (χ4v) is 3.50. The Kier molecular flexibility index (Phi) is 6.84. The average molecular weight is 312 g/mol. The molecule has 0 amide bonds. The van der Waals surface area contributed by atoms with E-state index in [9.17, 15) is 8.42 Å². The Balaban J connectivity index is 2.80. The van der Waals surface area contributed by atoms with Crippen LogP contribution in [0.25, 0.3) is 0 Å². The summed E-state index contributed by atoms with van der Waals surface area (Å²) >= 11 is 0. The summed E-state index contributed by atoms with van der Waals surface area (Å²) in [6.45, 7) is 8.87. The number of nitrogens with zero attached hydrogens (tertiary/aromatic N) is 1. The van der Waals surface area contributed by atoms with E-state index in [1.165, 1.54) is 4.31 Å². The highest BCUT2D eigenvalue weighted by Gasteiger charge is 2.22. The van der Waals surface area contributed by atoms with Crippen molar-refractivity contribution in [3.05, 3.63) is 35.4 Å². The molecule has 120 valence electrons. The minimum absolute atomic E-state index is 0.0285. The maximum Gasteiger partial charge on any atom is 0.218 e. The Bertz CT molecular complexity index is 541. The summed E-state index contributed by atoms with van der Waals surface area (Å²) in [4.78, 5) is 0. The van der Waals surface area contributed by atoms with Crippen molar-refractivity contribution in [3.8, 4) is 0 Å². The topological polar surface area (TPSA) is 49.4 Å². The van der Waals surface area contributed by atoms with Crippen molar-refractivity contribution in [1.29, 1.82) is 0 Å². The fourth-order valence-electron chi connectivity index (χ4n) is 2.00. The second-order valence-corrected chi connectivity index (χ2v) is 7.91. The molecule has 0 aliphatic carbocycles. The third-order valence-electron chi connectivity index (χ3n) is 3.71. The van der Waals surface area contributed by atoms with Crippen LogP contribution < -0.4 is 5.32 Å². The molecule has 0 aliphatic heterocycles. The van der Waals surface area contributed by atoms with Gasteiger partial charge in [0, 0.05) is 25.7 Å². The molecule has 4 nitrogen and oxygen atoms in total. The van der Waals surface area contributed by atoms with Crippen LogP contribution in [0.15, 0.2) is 24.3 Å². The molecule has 0 bridgehead atoms. The molecule has 1 atom stereocenters. The number of nitrogens with one attached hydrogen (secondary N) is 1. The molecule has 0 radical (unpaired) electrons. The van der Waals surface area contributed by atoms with Crippen molar-refractivity contribution >= 4 is 10.0 Å². The van der Waals surface area contributed by atoms with E-state index in [4.69, 9.17) is 0 Å². The SMILES string of the molecule is CCC(C)N(C)S(=O)(=O)Cc1cccc(CNC(C)C)c1. The molecule has 0 spiro atoms. The molecular weight excluding hydrogens is 284 g/mol. The van der Waals surface area contributed by atoms with Crippen molar-refractivity contribution < 1.29 is 8.42 Å². The van der Waals surface area contributed by atoms with E-state index in [-0.39, 0.29) is 11.8 Å². The third-order valence-corrected chi connectivity index (χ3v) is 5.64. The number of hydrogen-bond acceptors (Lipinski definition) is 3. The molecule has 0 aliphatic rings. The molecule has 0 saturated carbocycles. The van der Waals surface area contributed by atoms with Gasteiger partial charge in [-0.1, -0.05) is 45.0 Å². The summed E-state index contributed by atoms with van der Waals surface area (Å²) in [5.41, 5.74) is 1.95. The minimum atomic E-state index is -3.26. The van der Waals surface area contributed by atoms with Crippen LogP contribution in [-0.4, -0.2) is 31.9 Å². The van der Waals surface area contributed by atoms with Crippen LogP contribution >= 0.6 is 0 Å². The molecule has 1 aromatic carbocycles. The number of rotatable bonds is 8. The van der Waals surface area contributed by atoms with E-state index in [0.29, 0.717) is 6.04 Å². The van der Waals surface area contributed by atoms with Gasteiger partial charge < -0.3 is 5.32 Å². The van der Waals surface area contributed by atoms with Crippen LogP contribution in [0, 0.1) is 0 Å². The highest BCUT2D eigenvalue weighted by molar-refractivity contribution is 7.88. The lowest BCUT2D eigenvalue weighted by Gasteiger charge is -2.23. The molecule has 1 N–H and O–H groups in total. The van der Waals surface area contributed by atoms with Crippen molar-refractivity contribution in [1.82, 2.24) is 9.62 Å². The quantitative estimate of drug-likeness (QED) is 0.803. The fraction of sp³-hybridized carbons (Fsp3) is 0.625. The van der Waals surface area contributed by atoms with Gasteiger partial charge in [0.05, 0.1) is 5.75 Å². The molecule has 1 aromatic rings. The highest BCUT2D eigenvalue weighted by Crippen LogP contribution is 2.15. The molecule has 1 rings (SSSR count). The second-order valence-electron chi connectivity index (χ2n) is 5.89. The zero-order valence-electron chi connectivity index (χ0n) is 13.8. The molecule has 1 unspecified atom stereocenters. The van der Waals surface area contributed by atoms with Crippen LogP contribution in [-0.2, 0) is 22.3 Å². The lowest BCUT2D eigenvalue weighted by Crippen LogP contribution is -2.35. The zero-order valence-corrected chi connectivity index (χ0v) is 14.6. The molecule has 0 fully saturated rings. The van der Waals surface area contributed by atoms with Gasteiger partial charge in [-0.05, 0) is 24.5 Å². The summed E-state index contributed by atoms with van der Waals surface area (Å²) in [7, 11) is -1.60. The van der Waals surface area contributed by atoms with Gasteiger partial charge in [-0.2, -0.15) is 0 Å². The van der Waals surface area contributed by atoms with Gasteiger partial charge in [0.2, 0.25) is 10.0 Å². The number of hydrogen-bond donors (Lipinski definition) is 1. The van der Waals surface area contributed by atoms with Gasteiger partial charge in [0.15, 0.2) is 0 Å². The number of benzene rings is 1. The largest absolute Gasteiger partial charge is 0.310 e. The summed E-state index contributed by atoms with van der Waals surface area (Å²) < 4.78 is 26.3. The Labute approximate surface area is 129 Å². The van der Waals surface area contributed by atoms with E-state index in [0.717, 1.165) is 24.1 Å². The maximum absolute atomic E-state index is 12.4. The standard InChI is InChI=1S/C16H28N2O2S/c1-6-14(4)18(5)21(19,20)12-16-9-7-8-15(10-16)11-17-13(2)3/h7-10,13-14,17H,6,11-12H2,1-5H3. The predicted molar refractivity (Wildman–Crippen MR) is 88.6 cm³/mol. The average Bonchev–Trinajstić information content (AvgIpc) is 2.43. The predicted octanol–water partition coefficient (Wildman–Crippen LogP) is 2.74. The zero-order chi connectivity index (χ0) is 16.0. The van der Waals surface area contributed by atoms with Crippen LogP contribution in [0.2, 0.25) is 0 Å². The summed E-state index contributed by atoms with van der Waals surface area (Å²) in [6.07, 6.45) is 0.814. The molecule has 0 aromatic heterocycles. The van der Waals surface area contributed by atoms with Gasteiger partial charge in [-0.3, -0.25) is 0 Å². The highest BCUT2D eigenvalue weighted by atomic mass is 32.2. The minimum Gasteiger partial charge on any atom is -0.310 e. The van der Waals surface area contributed by atoms with E-state index in [2.05, 4.69) is 19.2 Å². The Morgan fingerprint density at radius 1 is 1.19 bits per heavy atom. The molecule has 21 heavy (non-hydrogen) atoms. The summed E-state index contributed by atoms with van der Waals surface area (Å²) in [5, 5.41) is 3.34. The molecular formula is C16H28N2O2S. The van der Waals surface area contributed by atoms with Crippen LogP contribution in [0.3, 0.4) is 0 Å². The summed E-state index contributed by atoms with van der Waals surface area (Å²) in [5.74, 6) is 0.0589. The monoisotopic (exact) mass is 312 g/mol. The second kappa shape index (κ2) is 7.92. The van der Waals surface area contributed by atoms with Gasteiger partial charge >= 0.3 is 0 Å². The lowest BCUT2D eigenvalue weighted by atomic mass is 10.1. The molecule has 5 heteroatoms. The Morgan fingerprint density at radius 3 is 2.38 bits per heavy atom. The first-order chi connectivity index (χ1) is 9.76. The first-order valence-corrected chi connectivity index (χ1v) is 9.14. The van der Waals surface area contributed by atoms with E-state index >= 15 is 0 Å². The Morgan fingerprint density at radius 2 is 1.81 bits per heavy atom. The number of sulfonamides is 1. The van der Waals surface area contributed by atoms with E-state index in [1.807, 2.05) is 38.1 Å². The smallest absolute Gasteiger partial charge is 0.218 e. The van der Waals surface area contributed by atoms with Crippen LogP contribution in [0.4, 0.5) is 0 Å². The first-order valence-electron chi connectivity index (χ1n) is 7.53. The first kappa shape index (κ1) is 18.1. The van der Waals surface area contributed by atoms with Crippen LogP contribution in [0.5, 0.6) is 0 Å². The van der Waals surface area contributed by atoms with Crippen molar-refractivity contribution in [3.63, 3.8) is 0 Å². The maximum atomic E-state index is 12.4. The van der Waals surface area contributed by atoms with E-state index < -0.39 is 10.0 Å². The van der Waals surface area contributed by atoms with E-state index in [1.54, 1.807) is 7.05 Å². The Hall–Kier alpha value is -0.910. The normalized spacial score (nSPS) is 13.9. The molecule has 0 saturated heterocycles. The van der Waals surface area contributed by atoms with Gasteiger partial charge in [-0.15, -0.1) is 0 Å². The third kappa shape index (κ3) is 5.77. The lowest BCUT2D eigenvalue weighted by molar-refractivity contribution is 0.380.